The minimum atomic E-state index is -4.01. The van der Waals surface area contributed by atoms with Gasteiger partial charge in [0.1, 0.15) is 0 Å². The number of sulfonamides is 1. The topological polar surface area (TPSA) is 127 Å². The largest absolute Gasteiger partial charge is 0.296 e. The molecule has 0 saturated carbocycles. The Labute approximate surface area is 177 Å². The fourth-order valence-electron chi connectivity index (χ4n) is 1.78. The first-order chi connectivity index (χ1) is 13.4. The Balaban J connectivity index is 1.70. The summed E-state index contributed by atoms with van der Waals surface area (Å²) in [7, 11) is -4.01. The first kappa shape index (κ1) is 20.7. The minimum absolute atomic E-state index is 0.0183. The smallest absolute Gasteiger partial charge is 0.293 e. The summed E-state index contributed by atoms with van der Waals surface area (Å²) in [6.07, 6.45) is 1.70. The minimum Gasteiger partial charge on any atom is -0.296 e. The zero-order valence-electron chi connectivity index (χ0n) is 13.8. The Kier molecular flexibility index (Phi) is 6.61. The van der Waals surface area contributed by atoms with Crippen molar-refractivity contribution in [3.8, 4) is 0 Å². The average Bonchev–Trinajstić information content (AvgIpc) is 3.30. The summed E-state index contributed by atoms with van der Waals surface area (Å²) in [6, 6.07) is 6.45. The van der Waals surface area contributed by atoms with Crippen LogP contribution >= 0.6 is 46.0 Å². The lowest BCUT2D eigenvalue weighted by Gasteiger charge is -2.02. The number of amides is 1. The molecule has 0 aliphatic heterocycles. The normalized spacial score (nSPS) is 11.2. The summed E-state index contributed by atoms with van der Waals surface area (Å²) in [5.41, 5.74) is 0.236. The Morgan fingerprint density at radius 1 is 1.18 bits per heavy atom. The van der Waals surface area contributed by atoms with Crippen LogP contribution in [0.15, 0.2) is 45.6 Å². The van der Waals surface area contributed by atoms with E-state index in [1.54, 1.807) is 24.3 Å². The summed E-state index contributed by atoms with van der Waals surface area (Å²) < 4.78 is 27.4. The molecule has 9 nitrogen and oxygen atoms in total. The van der Waals surface area contributed by atoms with Crippen molar-refractivity contribution in [2.24, 2.45) is 0 Å². The Morgan fingerprint density at radius 2 is 1.93 bits per heavy atom. The number of carbonyl (C=O) groups excluding carboxylic acids is 1. The van der Waals surface area contributed by atoms with Gasteiger partial charge in [-0.15, -0.1) is 27.0 Å². The fourth-order valence-corrected chi connectivity index (χ4v) is 5.64. The molecule has 2 heterocycles. The van der Waals surface area contributed by atoms with Gasteiger partial charge in [0.25, 0.3) is 20.3 Å². The van der Waals surface area contributed by atoms with E-state index in [4.69, 9.17) is 11.6 Å². The lowest BCUT2D eigenvalue weighted by Crippen LogP contribution is -2.12. The van der Waals surface area contributed by atoms with Crippen LogP contribution in [0.25, 0.3) is 0 Å². The maximum Gasteiger partial charge on any atom is 0.293 e. The number of rotatable bonds is 8. The highest BCUT2D eigenvalue weighted by atomic mass is 35.5. The lowest BCUT2D eigenvalue weighted by molar-refractivity contribution is 0.102. The highest BCUT2D eigenvalue weighted by Crippen LogP contribution is 2.28. The van der Waals surface area contributed by atoms with Gasteiger partial charge in [0.2, 0.25) is 10.3 Å². The maximum absolute atomic E-state index is 12.4. The van der Waals surface area contributed by atoms with Crippen molar-refractivity contribution in [1.82, 2.24) is 20.4 Å². The second-order valence-electron chi connectivity index (χ2n) is 4.89. The van der Waals surface area contributed by atoms with Crippen LogP contribution in [-0.4, -0.2) is 40.5 Å². The number of nitrogens with one attached hydrogen (secondary N) is 2. The molecule has 0 spiro atoms. The van der Waals surface area contributed by atoms with Crippen LogP contribution in [0.4, 0.5) is 10.3 Å². The number of aromatic nitrogens is 4. The zero-order valence-corrected chi connectivity index (χ0v) is 17.8. The Hall–Kier alpha value is -2.06. The van der Waals surface area contributed by atoms with E-state index in [2.05, 4.69) is 37.0 Å². The van der Waals surface area contributed by atoms with E-state index in [1.807, 2.05) is 0 Å². The monoisotopic (exact) mass is 474 g/mol. The van der Waals surface area contributed by atoms with Crippen LogP contribution in [0.5, 0.6) is 0 Å². The van der Waals surface area contributed by atoms with Gasteiger partial charge in [0.05, 0.1) is 10.6 Å². The molecule has 0 aliphatic rings. The molecular formula is C14H11ClN6O3S4. The maximum atomic E-state index is 12.4. The first-order valence-corrected chi connectivity index (χ1v) is 11.9. The quantitative estimate of drug-likeness (QED) is 0.289. The standard InChI is InChI=1S/C14H11ClN6O3S4/c1-2-7-25-13-19-18-12(26-13)21-28(23,24)14-20-17-11(27-14)16-10(22)8-5-3-4-6-9(8)15/h2-6H,1,7H2,(H,18,21)(H,16,17,22). The van der Waals surface area contributed by atoms with E-state index in [9.17, 15) is 13.2 Å². The van der Waals surface area contributed by atoms with Crippen molar-refractivity contribution in [2.45, 2.75) is 8.68 Å². The van der Waals surface area contributed by atoms with E-state index in [0.29, 0.717) is 21.4 Å². The Morgan fingerprint density at radius 3 is 2.68 bits per heavy atom. The second kappa shape index (κ2) is 8.96. The van der Waals surface area contributed by atoms with Crippen molar-refractivity contribution in [2.75, 3.05) is 15.8 Å². The molecule has 0 unspecified atom stereocenters. The number of thioether (sulfide) groups is 1. The van der Waals surface area contributed by atoms with Gasteiger partial charge in [0.15, 0.2) is 4.34 Å². The second-order valence-corrected chi connectivity index (χ2v) is 10.4. The van der Waals surface area contributed by atoms with Crippen molar-refractivity contribution < 1.29 is 13.2 Å². The lowest BCUT2D eigenvalue weighted by atomic mass is 10.2. The highest BCUT2D eigenvalue weighted by Gasteiger charge is 2.23. The molecule has 146 valence electrons. The molecule has 0 fully saturated rings. The predicted molar refractivity (Wildman–Crippen MR) is 111 cm³/mol. The molecule has 1 amide bonds. The van der Waals surface area contributed by atoms with Gasteiger partial charge in [-0.25, -0.2) is 0 Å². The van der Waals surface area contributed by atoms with Crippen molar-refractivity contribution >= 4 is 72.2 Å². The van der Waals surface area contributed by atoms with Crippen LogP contribution in [0.1, 0.15) is 10.4 Å². The van der Waals surface area contributed by atoms with Crippen molar-refractivity contribution in [3.05, 3.63) is 47.5 Å². The van der Waals surface area contributed by atoms with Gasteiger partial charge in [-0.2, -0.15) is 8.42 Å². The van der Waals surface area contributed by atoms with E-state index < -0.39 is 15.9 Å². The third-order valence-electron chi connectivity index (χ3n) is 2.93. The van der Waals surface area contributed by atoms with E-state index in [-0.39, 0.29) is 25.2 Å². The van der Waals surface area contributed by atoms with Gasteiger partial charge in [-0.3, -0.25) is 14.8 Å². The van der Waals surface area contributed by atoms with Crippen LogP contribution in [0.2, 0.25) is 5.02 Å². The number of hydrogen-bond acceptors (Lipinski definition) is 10. The van der Waals surface area contributed by atoms with Crippen LogP contribution in [0.3, 0.4) is 0 Å². The highest BCUT2D eigenvalue weighted by molar-refractivity contribution is 8.01. The molecular weight excluding hydrogens is 464 g/mol. The summed E-state index contributed by atoms with van der Waals surface area (Å²) in [5, 5.41) is 17.8. The molecule has 0 saturated heterocycles. The number of benzene rings is 1. The molecule has 3 aromatic rings. The molecule has 28 heavy (non-hydrogen) atoms. The molecule has 0 atom stereocenters. The predicted octanol–water partition coefficient (Wildman–Crippen LogP) is 3.37. The zero-order chi connectivity index (χ0) is 20.1. The third kappa shape index (κ3) is 5.05. The molecule has 0 bridgehead atoms. The van der Waals surface area contributed by atoms with Crippen LogP contribution in [-0.2, 0) is 10.0 Å². The van der Waals surface area contributed by atoms with Gasteiger partial charge < -0.3 is 0 Å². The molecule has 3 rings (SSSR count). The fraction of sp³-hybridized carbons (Fsp3) is 0.0714. The van der Waals surface area contributed by atoms with Crippen molar-refractivity contribution in [3.63, 3.8) is 0 Å². The average molecular weight is 475 g/mol. The van der Waals surface area contributed by atoms with Crippen molar-refractivity contribution in [1.29, 1.82) is 0 Å². The summed E-state index contributed by atoms with van der Waals surface area (Å²) in [4.78, 5) is 12.2. The number of carbonyl (C=O) groups is 1. The summed E-state index contributed by atoms with van der Waals surface area (Å²) in [5.74, 6) is 0.110. The Bertz CT molecular complexity index is 1110. The van der Waals surface area contributed by atoms with E-state index in [1.165, 1.54) is 17.8 Å². The summed E-state index contributed by atoms with van der Waals surface area (Å²) in [6.45, 7) is 3.60. The molecule has 1 aromatic carbocycles. The van der Waals surface area contributed by atoms with Gasteiger partial charge in [-0.05, 0) is 12.1 Å². The number of nitrogens with zero attached hydrogens (tertiary/aromatic N) is 4. The molecule has 2 aromatic heterocycles. The molecule has 0 aliphatic carbocycles. The molecule has 0 radical (unpaired) electrons. The van der Waals surface area contributed by atoms with E-state index >= 15 is 0 Å². The van der Waals surface area contributed by atoms with E-state index in [0.717, 1.165) is 11.3 Å². The van der Waals surface area contributed by atoms with Gasteiger partial charge in [-0.1, -0.05) is 64.2 Å². The third-order valence-corrected chi connectivity index (χ3v) is 7.90. The first-order valence-electron chi connectivity index (χ1n) is 7.38. The number of anilines is 2. The number of hydrogen-bond donors (Lipinski definition) is 2. The van der Waals surface area contributed by atoms with Crippen LogP contribution < -0.4 is 10.0 Å². The molecule has 2 N–H and O–H groups in total. The number of halogens is 1. The van der Waals surface area contributed by atoms with Gasteiger partial charge in [0, 0.05) is 5.75 Å². The SMILES string of the molecule is C=CCSc1nnc(NS(=O)(=O)c2nnc(NC(=O)c3ccccc3Cl)s2)s1. The summed E-state index contributed by atoms with van der Waals surface area (Å²) >= 11 is 9.13. The molecule has 14 heteroatoms. The van der Waals surface area contributed by atoms with Crippen LogP contribution in [0, 0.1) is 0 Å². The van der Waals surface area contributed by atoms with Gasteiger partial charge >= 0.3 is 0 Å².